The fourth-order valence-corrected chi connectivity index (χ4v) is 3.02. The number of halogens is 2. The van der Waals surface area contributed by atoms with Gasteiger partial charge in [-0.1, -0.05) is 0 Å². The molecule has 2 aromatic rings. The molecule has 0 aliphatic carbocycles. The first-order valence-corrected chi connectivity index (χ1v) is 8.54. The van der Waals surface area contributed by atoms with Crippen LogP contribution in [0.15, 0.2) is 47.3 Å². The van der Waals surface area contributed by atoms with Gasteiger partial charge in [-0.05, 0) is 49.8 Å². The number of ether oxygens (including phenoxy) is 1. The fourth-order valence-electron chi connectivity index (χ4n) is 3.02. The third-order valence-electron chi connectivity index (χ3n) is 4.34. The van der Waals surface area contributed by atoms with Gasteiger partial charge in [-0.15, -0.1) is 0 Å². The van der Waals surface area contributed by atoms with Gasteiger partial charge in [-0.2, -0.15) is 5.26 Å². The Morgan fingerprint density at radius 3 is 2.83 bits per heavy atom. The molecule has 3 N–H and O–H groups in total. The first kappa shape index (κ1) is 19.9. The van der Waals surface area contributed by atoms with E-state index in [-0.39, 0.29) is 28.7 Å². The van der Waals surface area contributed by atoms with Gasteiger partial charge in [0, 0.05) is 17.4 Å². The van der Waals surface area contributed by atoms with Crippen LogP contribution in [-0.2, 0) is 10.3 Å². The molecule has 7 nitrogen and oxygen atoms in total. The molecule has 148 valence electrons. The minimum absolute atomic E-state index is 0.0776. The van der Waals surface area contributed by atoms with Gasteiger partial charge in [0.25, 0.3) is 11.9 Å². The number of amidine groups is 1. The SMILES string of the molecule is Cc1cc(C#N)cnc1C(=O)Nc1ccc(F)c([C@]2(C)C=C(CF)OC(N)=N2)c1. The van der Waals surface area contributed by atoms with E-state index in [2.05, 4.69) is 15.3 Å². The van der Waals surface area contributed by atoms with Crippen LogP contribution in [0.25, 0.3) is 0 Å². The van der Waals surface area contributed by atoms with E-state index in [1.54, 1.807) is 19.9 Å². The number of benzene rings is 1. The molecule has 0 radical (unpaired) electrons. The van der Waals surface area contributed by atoms with Crippen molar-refractivity contribution in [2.24, 2.45) is 10.7 Å². The monoisotopic (exact) mass is 397 g/mol. The van der Waals surface area contributed by atoms with Crippen molar-refractivity contribution in [2.45, 2.75) is 19.4 Å². The smallest absolute Gasteiger partial charge is 0.288 e. The summed E-state index contributed by atoms with van der Waals surface area (Å²) < 4.78 is 32.6. The van der Waals surface area contributed by atoms with Gasteiger partial charge in [0.1, 0.15) is 35.6 Å². The van der Waals surface area contributed by atoms with Crippen molar-refractivity contribution >= 4 is 17.6 Å². The van der Waals surface area contributed by atoms with E-state index in [1.165, 1.54) is 30.5 Å². The number of nitriles is 1. The number of pyridine rings is 1. The predicted octanol–water partition coefficient (Wildman–Crippen LogP) is 3.07. The first-order valence-electron chi connectivity index (χ1n) is 8.54. The largest absolute Gasteiger partial charge is 0.428 e. The van der Waals surface area contributed by atoms with Gasteiger partial charge in [-0.25, -0.2) is 18.8 Å². The molecule has 1 aromatic carbocycles. The maximum Gasteiger partial charge on any atom is 0.288 e. The third kappa shape index (κ3) is 4.06. The van der Waals surface area contributed by atoms with E-state index < -0.39 is 23.9 Å². The average Bonchev–Trinajstić information content (AvgIpc) is 2.68. The molecule has 0 bridgehead atoms. The molecule has 0 saturated carbocycles. The van der Waals surface area contributed by atoms with Crippen molar-refractivity contribution in [3.8, 4) is 6.07 Å². The Hall–Kier alpha value is -3.80. The average molecular weight is 397 g/mol. The number of hydrogen-bond donors (Lipinski definition) is 2. The second-order valence-electron chi connectivity index (χ2n) is 6.59. The number of nitrogens with zero attached hydrogens (tertiary/aromatic N) is 3. The maximum absolute atomic E-state index is 14.5. The summed E-state index contributed by atoms with van der Waals surface area (Å²) in [4.78, 5) is 20.7. The molecule has 0 saturated heterocycles. The van der Waals surface area contributed by atoms with Gasteiger partial charge < -0.3 is 15.8 Å². The minimum atomic E-state index is -1.31. The van der Waals surface area contributed by atoms with Gasteiger partial charge in [0.2, 0.25) is 0 Å². The van der Waals surface area contributed by atoms with Crippen LogP contribution in [0.5, 0.6) is 0 Å². The number of aromatic nitrogens is 1. The van der Waals surface area contributed by atoms with Crippen LogP contribution in [0.1, 0.15) is 34.1 Å². The molecule has 1 atom stereocenters. The zero-order chi connectivity index (χ0) is 21.2. The number of anilines is 1. The lowest BCUT2D eigenvalue weighted by molar-refractivity contribution is 0.102. The number of nitrogens with two attached hydrogens (primary N) is 1. The molecule has 0 spiro atoms. The fraction of sp³-hybridized carbons (Fsp3) is 0.200. The Morgan fingerprint density at radius 1 is 1.41 bits per heavy atom. The summed E-state index contributed by atoms with van der Waals surface area (Å²) in [5.74, 6) is -1.21. The lowest BCUT2D eigenvalue weighted by Crippen LogP contribution is -2.31. The summed E-state index contributed by atoms with van der Waals surface area (Å²) in [6.45, 7) is 2.28. The minimum Gasteiger partial charge on any atom is -0.428 e. The Bertz CT molecular complexity index is 1090. The second-order valence-corrected chi connectivity index (χ2v) is 6.59. The van der Waals surface area contributed by atoms with Crippen LogP contribution in [0.3, 0.4) is 0 Å². The van der Waals surface area contributed by atoms with Crippen molar-refractivity contribution in [1.29, 1.82) is 5.26 Å². The first-order chi connectivity index (χ1) is 13.8. The van der Waals surface area contributed by atoms with Crippen LogP contribution >= 0.6 is 0 Å². The molecule has 0 fully saturated rings. The lowest BCUT2D eigenvalue weighted by atomic mass is 9.90. The van der Waals surface area contributed by atoms with Crippen LogP contribution in [0.2, 0.25) is 0 Å². The number of nitrogens with one attached hydrogen (secondary N) is 1. The molecular weight excluding hydrogens is 380 g/mol. The predicted molar refractivity (Wildman–Crippen MR) is 102 cm³/mol. The van der Waals surface area contributed by atoms with Crippen LogP contribution in [-0.4, -0.2) is 23.6 Å². The summed E-state index contributed by atoms with van der Waals surface area (Å²) in [7, 11) is 0. The second kappa shape index (κ2) is 7.67. The molecule has 1 aliphatic rings. The topological polar surface area (TPSA) is 113 Å². The number of amides is 1. The van der Waals surface area contributed by atoms with Gasteiger partial charge >= 0.3 is 0 Å². The summed E-state index contributed by atoms with van der Waals surface area (Å²) in [6.07, 6.45) is 2.63. The molecule has 0 unspecified atom stereocenters. The highest BCUT2D eigenvalue weighted by atomic mass is 19.1. The molecular formula is C20H17F2N5O2. The molecule has 1 amide bonds. The quantitative estimate of drug-likeness (QED) is 0.823. The van der Waals surface area contributed by atoms with E-state index in [0.29, 0.717) is 11.1 Å². The van der Waals surface area contributed by atoms with E-state index in [9.17, 15) is 13.6 Å². The zero-order valence-electron chi connectivity index (χ0n) is 15.7. The van der Waals surface area contributed by atoms with E-state index in [4.69, 9.17) is 15.7 Å². The van der Waals surface area contributed by atoms with Crippen LogP contribution < -0.4 is 11.1 Å². The number of alkyl halides is 1. The highest BCUT2D eigenvalue weighted by Crippen LogP contribution is 2.35. The highest BCUT2D eigenvalue weighted by Gasteiger charge is 2.32. The van der Waals surface area contributed by atoms with Crippen molar-refractivity contribution < 1.29 is 18.3 Å². The zero-order valence-corrected chi connectivity index (χ0v) is 15.7. The lowest BCUT2D eigenvalue weighted by Gasteiger charge is -2.28. The maximum atomic E-state index is 14.5. The Labute approximate surface area is 165 Å². The van der Waals surface area contributed by atoms with Gasteiger partial charge in [-0.3, -0.25) is 4.79 Å². The Kier molecular flexibility index (Phi) is 5.28. The Balaban J connectivity index is 1.94. The molecule has 2 heterocycles. The van der Waals surface area contributed by atoms with E-state index >= 15 is 0 Å². The molecule has 29 heavy (non-hydrogen) atoms. The number of aliphatic imine (C=N–C) groups is 1. The van der Waals surface area contributed by atoms with Gasteiger partial charge in [0.05, 0.1) is 5.56 Å². The van der Waals surface area contributed by atoms with Crippen molar-refractivity contribution in [3.05, 3.63) is 70.5 Å². The summed E-state index contributed by atoms with van der Waals surface area (Å²) in [6, 6.07) is 7.14. The number of rotatable bonds is 4. The van der Waals surface area contributed by atoms with Gasteiger partial charge in [0.15, 0.2) is 0 Å². The van der Waals surface area contributed by atoms with Crippen molar-refractivity contribution in [2.75, 3.05) is 12.0 Å². The molecule has 1 aliphatic heterocycles. The normalized spacial score (nSPS) is 18.2. The Morgan fingerprint density at radius 2 is 2.17 bits per heavy atom. The van der Waals surface area contributed by atoms with Crippen LogP contribution in [0.4, 0.5) is 14.5 Å². The molecule has 1 aromatic heterocycles. The molecule has 9 heteroatoms. The van der Waals surface area contributed by atoms with Crippen LogP contribution in [0, 0.1) is 24.1 Å². The summed E-state index contributed by atoms with van der Waals surface area (Å²) in [5.41, 5.74) is 5.64. The summed E-state index contributed by atoms with van der Waals surface area (Å²) >= 11 is 0. The summed E-state index contributed by atoms with van der Waals surface area (Å²) in [5, 5.41) is 11.5. The standard InChI is InChI=1S/C20H17F2N5O2/c1-11-5-12(9-23)10-25-17(11)18(28)26-13-3-4-16(22)15(6-13)20(2)7-14(8-21)29-19(24)27-20/h3-7,10H,8H2,1-2H3,(H2,24,27)(H,26,28)/t20-/m0/s1. The highest BCUT2D eigenvalue weighted by molar-refractivity contribution is 6.03. The number of aryl methyl sites for hydroxylation is 1. The van der Waals surface area contributed by atoms with E-state index in [1.807, 2.05) is 6.07 Å². The van der Waals surface area contributed by atoms with Crippen molar-refractivity contribution in [1.82, 2.24) is 4.98 Å². The molecule has 3 rings (SSSR count). The number of carbonyl (C=O) groups is 1. The number of allylic oxidation sites excluding steroid dienone is 1. The third-order valence-corrected chi connectivity index (χ3v) is 4.34. The number of hydrogen-bond acceptors (Lipinski definition) is 6. The number of carbonyl (C=O) groups excluding carboxylic acids is 1. The van der Waals surface area contributed by atoms with E-state index in [0.717, 1.165) is 0 Å². The van der Waals surface area contributed by atoms with Crippen molar-refractivity contribution in [3.63, 3.8) is 0 Å².